The molecule has 0 aliphatic carbocycles. The third-order valence-electron chi connectivity index (χ3n) is 3.56. The summed E-state index contributed by atoms with van der Waals surface area (Å²) in [5.74, 6) is -2.27. The molecule has 2 N–H and O–H groups in total. The average Bonchev–Trinajstić information content (AvgIpc) is 2.62. The van der Waals surface area contributed by atoms with Gasteiger partial charge in [0.2, 0.25) is 15.9 Å². The zero-order chi connectivity index (χ0) is 24.0. The molecule has 0 atom stereocenters. The number of carbonyl (C=O) groups excluding carboxylic acids is 3. The second-order valence-corrected chi connectivity index (χ2v) is 9.33. The molecule has 0 radical (unpaired) electrons. The fourth-order valence-corrected chi connectivity index (χ4v) is 3.16. The van der Waals surface area contributed by atoms with Crippen molar-refractivity contribution in [3.05, 3.63) is 29.8 Å². The fraction of sp³-hybridized carbons (Fsp3) is 0.500. The molecule has 2 amide bonds. The number of amides is 2. The molecular weight excluding hydrogens is 443 g/mol. The highest BCUT2D eigenvalue weighted by atomic mass is 32.2. The summed E-state index contributed by atoms with van der Waals surface area (Å²) in [6, 6.07) is 2.98. The lowest BCUT2D eigenvalue weighted by Gasteiger charge is -2.23. The molecule has 0 saturated heterocycles. The molecule has 0 aliphatic heterocycles. The summed E-state index contributed by atoms with van der Waals surface area (Å²) in [7, 11) is -3.11. The van der Waals surface area contributed by atoms with Gasteiger partial charge in [0.25, 0.3) is 5.91 Å². The number of hydrogen-bond acceptors (Lipinski definition) is 6. The number of rotatable bonds is 8. The summed E-state index contributed by atoms with van der Waals surface area (Å²) < 4.78 is 68.8. The maximum atomic E-state index is 12.7. The summed E-state index contributed by atoms with van der Waals surface area (Å²) in [5, 5.41) is 2.65. The maximum absolute atomic E-state index is 12.7. The Labute approximate surface area is 178 Å². The number of nitrogens with zero attached hydrogens (tertiary/aromatic N) is 1. The highest BCUT2D eigenvalue weighted by Gasteiger charge is 2.31. The van der Waals surface area contributed by atoms with Crippen molar-refractivity contribution in [1.82, 2.24) is 14.9 Å². The van der Waals surface area contributed by atoms with Crippen molar-refractivity contribution in [2.45, 2.75) is 37.4 Å². The van der Waals surface area contributed by atoms with Gasteiger partial charge in [0.15, 0.2) is 6.61 Å². The van der Waals surface area contributed by atoms with Crippen LogP contribution in [0.25, 0.3) is 0 Å². The standard InChI is InChI=1S/C18H24F3N3O6S/c1-17(2,3)23-14(25)10-24(4)15(26)11-30-16(27)9-22-31(28,29)13-7-5-6-12(8-13)18(19,20)21/h5-8,22H,9-11H2,1-4H3,(H,23,25). The quantitative estimate of drug-likeness (QED) is 0.548. The van der Waals surface area contributed by atoms with Crippen LogP contribution in [0.3, 0.4) is 0 Å². The van der Waals surface area contributed by atoms with E-state index in [9.17, 15) is 36.0 Å². The van der Waals surface area contributed by atoms with E-state index in [4.69, 9.17) is 0 Å². The van der Waals surface area contributed by atoms with Crippen LogP contribution in [0.5, 0.6) is 0 Å². The SMILES string of the molecule is CN(CC(=O)NC(C)(C)C)C(=O)COC(=O)CNS(=O)(=O)c1cccc(C(F)(F)F)c1. The number of ether oxygens (including phenoxy) is 1. The molecule has 0 heterocycles. The van der Waals surface area contributed by atoms with Crippen molar-refractivity contribution >= 4 is 27.8 Å². The van der Waals surface area contributed by atoms with E-state index < -0.39 is 63.1 Å². The Bertz CT molecular complexity index is 926. The molecule has 1 rings (SSSR count). The molecule has 0 saturated carbocycles. The van der Waals surface area contributed by atoms with Gasteiger partial charge in [0.1, 0.15) is 6.54 Å². The number of halogens is 3. The molecule has 1 aromatic rings. The molecule has 1 aromatic carbocycles. The van der Waals surface area contributed by atoms with Crippen molar-refractivity contribution in [2.75, 3.05) is 26.7 Å². The Morgan fingerprint density at radius 3 is 2.29 bits per heavy atom. The van der Waals surface area contributed by atoms with E-state index >= 15 is 0 Å². The zero-order valence-corrected chi connectivity index (χ0v) is 18.2. The van der Waals surface area contributed by atoms with Crippen LogP contribution in [0.15, 0.2) is 29.2 Å². The van der Waals surface area contributed by atoms with Gasteiger partial charge in [-0.25, -0.2) is 8.42 Å². The number of hydrogen-bond donors (Lipinski definition) is 2. The predicted molar refractivity (Wildman–Crippen MR) is 103 cm³/mol. The number of sulfonamides is 1. The summed E-state index contributed by atoms with van der Waals surface area (Å²) in [6.07, 6.45) is -4.74. The van der Waals surface area contributed by atoms with Gasteiger partial charge in [-0.05, 0) is 39.0 Å². The van der Waals surface area contributed by atoms with Gasteiger partial charge >= 0.3 is 12.1 Å². The number of esters is 1. The van der Waals surface area contributed by atoms with E-state index in [1.54, 1.807) is 25.5 Å². The minimum absolute atomic E-state index is 0.282. The number of nitrogens with one attached hydrogen (secondary N) is 2. The molecule has 13 heteroatoms. The van der Waals surface area contributed by atoms with Gasteiger partial charge < -0.3 is 15.0 Å². The van der Waals surface area contributed by atoms with Gasteiger partial charge in [0.05, 0.1) is 17.0 Å². The first kappa shape index (κ1) is 26.4. The van der Waals surface area contributed by atoms with Crippen LogP contribution in [0.4, 0.5) is 13.2 Å². The van der Waals surface area contributed by atoms with E-state index in [-0.39, 0.29) is 6.54 Å². The van der Waals surface area contributed by atoms with Crippen LogP contribution in [-0.4, -0.2) is 63.4 Å². The molecule has 0 aliphatic rings. The highest BCUT2D eigenvalue weighted by Crippen LogP contribution is 2.30. The molecule has 0 spiro atoms. The Hall–Kier alpha value is -2.67. The normalized spacial score (nSPS) is 12.2. The van der Waals surface area contributed by atoms with Crippen LogP contribution >= 0.6 is 0 Å². The average molecular weight is 467 g/mol. The van der Waals surface area contributed by atoms with Crippen LogP contribution in [0.2, 0.25) is 0 Å². The molecule has 31 heavy (non-hydrogen) atoms. The van der Waals surface area contributed by atoms with Crippen molar-refractivity contribution in [1.29, 1.82) is 0 Å². The second-order valence-electron chi connectivity index (χ2n) is 7.56. The zero-order valence-electron chi connectivity index (χ0n) is 17.4. The molecule has 0 aromatic heterocycles. The van der Waals surface area contributed by atoms with E-state index in [0.29, 0.717) is 12.1 Å². The number of carbonyl (C=O) groups is 3. The smallest absolute Gasteiger partial charge is 0.416 e. The largest absolute Gasteiger partial charge is 0.455 e. The monoisotopic (exact) mass is 467 g/mol. The van der Waals surface area contributed by atoms with E-state index in [2.05, 4.69) is 10.1 Å². The number of benzene rings is 1. The third kappa shape index (κ3) is 9.34. The first-order valence-corrected chi connectivity index (χ1v) is 10.4. The Kier molecular flexibility index (Phi) is 8.58. The lowest BCUT2D eigenvalue weighted by molar-refractivity contribution is -0.151. The van der Waals surface area contributed by atoms with Gasteiger partial charge in [-0.3, -0.25) is 14.4 Å². The summed E-state index contributed by atoms with van der Waals surface area (Å²) in [6.45, 7) is 3.35. The summed E-state index contributed by atoms with van der Waals surface area (Å²) in [4.78, 5) is 35.7. The van der Waals surface area contributed by atoms with Crippen LogP contribution in [0, 0.1) is 0 Å². The Morgan fingerprint density at radius 2 is 1.74 bits per heavy atom. The minimum Gasteiger partial charge on any atom is -0.455 e. The van der Waals surface area contributed by atoms with Crippen LogP contribution in [0.1, 0.15) is 26.3 Å². The summed E-state index contributed by atoms with van der Waals surface area (Å²) >= 11 is 0. The fourth-order valence-electron chi connectivity index (χ4n) is 2.14. The molecular formula is C18H24F3N3O6S. The number of likely N-dealkylation sites (N-methyl/N-ethyl adjacent to an activating group) is 1. The van der Waals surface area contributed by atoms with Gasteiger partial charge in [-0.2, -0.15) is 17.9 Å². The van der Waals surface area contributed by atoms with Gasteiger partial charge in [-0.15, -0.1) is 0 Å². The highest BCUT2D eigenvalue weighted by molar-refractivity contribution is 7.89. The van der Waals surface area contributed by atoms with Crippen molar-refractivity contribution < 1.29 is 40.7 Å². The molecule has 0 unspecified atom stereocenters. The first-order chi connectivity index (χ1) is 14.0. The van der Waals surface area contributed by atoms with Gasteiger partial charge in [-0.1, -0.05) is 6.07 Å². The molecule has 9 nitrogen and oxygen atoms in total. The lowest BCUT2D eigenvalue weighted by Crippen LogP contribution is -2.47. The Balaban J connectivity index is 2.56. The molecule has 0 bridgehead atoms. The van der Waals surface area contributed by atoms with Crippen molar-refractivity contribution in [3.8, 4) is 0 Å². The van der Waals surface area contributed by atoms with Crippen LogP contribution in [-0.2, 0) is 35.3 Å². The maximum Gasteiger partial charge on any atom is 0.416 e. The Morgan fingerprint density at radius 1 is 1.13 bits per heavy atom. The molecule has 174 valence electrons. The third-order valence-corrected chi connectivity index (χ3v) is 4.95. The predicted octanol–water partition coefficient (Wildman–Crippen LogP) is 0.900. The topological polar surface area (TPSA) is 122 Å². The first-order valence-electron chi connectivity index (χ1n) is 8.89. The molecule has 0 fully saturated rings. The lowest BCUT2D eigenvalue weighted by atomic mass is 10.1. The van der Waals surface area contributed by atoms with Gasteiger partial charge in [0, 0.05) is 12.6 Å². The van der Waals surface area contributed by atoms with E-state index in [1.807, 2.05) is 0 Å². The van der Waals surface area contributed by atoms with E-state index in [1.165, 1.54) is 7.05 Å². The minimum atomic E-state index is -4.74. The van der Waals surface area contributed by atoms with E-state index in [0.717, 1.165) is 17.0 Å². The summed E-state index contributed by atoms with van der Waals surface area (Å²) in [5.41, 5.74) is -1.66. The van der Waals surface area contributed by atoms with Crippen LogP contribution < -0.4 is 10.0 Å². The van der Waals surface area contributed by atoms with Crippen molar-refractivity contribution in [3.63, 3.8) is 0 Å². The number of alkyl halides is 3. The van der Waals surface area contributed by atoms with Crippen molar-refractivity contribution in [2.24, 2.45) is 0 Å². The second kappa shape index (κ2) is 10.1.